The van der Waals surface area contributed by atoms with Crippen LogP contribution >= 0.6 is 11.8 Å². The van der Waals surface area contributed by atoms with Gasteiger partial charge in [0, 0.05) is 19.7 Å². The van der Waals surface area contributed by atoms with E-state index in [0.29, 0.717) is 24.1 Å². The number of benzene rings is 1. The molecule has 0 radical (unpaired) electrons. The highest BCUT2D eigenvalue weighted by Crippen LogP contribution is 2.28. The van der Waals surface area contributed by atoms with Gasteiger partial charge in [-0.25, -0.2) is 0 Å². The smallest absolute Gasteiger partial charge is 0.229 e. The molecule has 0 atom stereocenters. The molecule has 4 rings (SSSR count). The number of hydrogen-bond acceptors (Lipinski definition) is 9. The number of anilines is 2. The number of aromatic nitrogens is 6. The van der Waals surface area contributed by atoms with Crippen molar-refractivity contribution in [1.29, 1.82) is 0 Å². The first-order valence-corrected chi connectivity index (χ1v) is 10.3. The highest BCUT2D eigenvalue weighted by atomic mass is 32.2. The van der Waals surface area contributed by atoms with Crippen LogP contribution in [0.5, 0.6) is 0 Å². The Bertz CT molecular complexity index is 1140. The molecule has 0 unspecified atom stereocenters. The average molecular weight is 423 g/mol. The van der Waals surface area contributed by atoms with Gasteiger partial charge in [-0.2, -0.15) is 15.0 Å². The molecular formula is C20H22N8OS. The summed E-state index contributed by atoms with van der Waals surface area (Å²) in [5, 5.41) is 9.64. The van der Waals surface area contributed by atoms with Gasteiger partial charge in [-0.1, -0.05) is 36.0 Å². The first-order chi connectivity index (χ1) is 14.5. The van der Waals surface area contributed by atoms with Crippen LogP contribution in [0.3, 0.4) is 0 Å². The Morgan fingerprint density at radius 3 is 2.63 bits per heavy atom. The van der Waals surface area contributed by atoms with Crippen LogP contribution in [0.15, 0.2) is 52.2 Å². The molecule has 0 fully saturated rings. The molecule has 4 aromatic rings. The highest BCUT2D eigenvalue weighted by molar-refractivity contribution is 7.98. The lowest BCUT2D eigenvalue weighted by Gasteiger charge is -2.12. The Morgan fingerprint density at radius 1 is 1.07 bits per heavy atom. The van der Waals surface area contributed by atoms with E-state index in [-0.39, 0.29) is 5.95 Å². The van der Waals surface area contributed by atoms with Gasteiger partial charge < -0.3 is 15.1 Å². The molecule has 0 amide bonds. The van der Waals surface area contributed by atoms with Gasteiger partial charge >= 0.3 is 0 Å². The Hall–Kier alpha value is -3.40. The molecule has 0 bridgehead atoms. The molecule has 1 aromatic carbocycles. The Balaban J connectivity index is 1.66. The van der Waals surface area contributed by atoms with Crippen LogP contribution < -0.4 is 10.6 Å². The van der Waals surface area contributed by atoms with Crippen molar-refractivity contribution < 1.29 is 4.42 Å². The van der Waals surface area contributed by atoms with E-state index in [2.05, 4.69) is 38.1 Å². The summed E-state index contributed by atoms with van der Waals surface area (Å²) in [4.78, 5) is 14.6. The molecule has 0 saturated heterocycles. The molecular weight excluding hydrogens is 400 g/mol. The molecule has 3 aromatic heterocycles. The third-order valence-corrected chi connectivity index (χ3v) is 5.38. The fourth-order valence-corrected chi connectivity index (χ4v) is 3.73. The summed E-state index contributed by atoms with van der Waals surface area (Å²) in [7, 11) is 3.72. The monoisotopic (exact) mass is 422 g/mol. The summed E-state index contributed by atoms with van der Waals surface area (Å²) in [5.74, 6) is 3.40. The maximum absolute atomic E-state index is 5.84. The Kier molecular flexibility index (Phi) is 5.66. The third-order valence-electron chi connectivity index (χ3n) is 4.41. The Labute approximate surface area is 178 Å². The van der Waals surface area contributed by atoms with Crippen molar-refractivity contribution in [3.63, 3.8) is 0 Å². The van der Waals surface area contributed by atoms with Crippen LogP contribution in [-0.4, -0.2) is 43.8 Å². The maximum Gasteiger partial charge on any atom is 0.229 e. The molecule has 0 saturated carbocycles. The summed E-state index contributed by atoms with van der Waals surface area (Å²) < 4.78 is 7.61. The van der Waals surface area contributed by atoms with Crippen molar-refractivity contribution >= 4 is 23.7 Å². The van der Waals surface area contributed by atoms with Crippen LogP contribution in [0.25, 0.3) is 11.4 Å². The lowest BCUT2D eigenvalue weighted by atomic mass is 10.1. The zero-order valence-electron chi connectivity index (χ0n) is 17.0. The van der Waals surface area contributed by atoms with Crippen LogP contribution in [0.2, 0.25) is 0 Å². The standard InChI is InChI=1S/C20H22N8OS/c1-13-7-4-5-9-15(13)17-25-26-20(28(17)11-14-8-6-10-29-14)30-12-16-22-18(21)24-19(23-16)27(2)3/h4-10H,11-12H2,1-3H3,(H2,21,22,23,24). The fourth-order valence-electron chi connectivity index (χ4n) is 2.94. The highest BCUT2D eigenvalue weighted by Gasteiger charge is 2.18. The van der Waals surface area contributed by atoms with Crippen molar-refractivity contribution in [3.05, 3.63) is 59.8 Å². The lowest BCUT2D eigenvalue weighted by molar-refractivity contribution is 0.485. The van der Waals surface area contributed by atoms with Crippen molar-refractivity contribution in [2.24, 2.45) is 0 Å². The molecule has 0 aliphatic rings. The number of rotatable bonds is 7. The molecule has 2 N–H and O–H groups in total. The van der Waals surface area contributed by atoms with E-state index in [9.17, 15) is 0 Å². The zero-order chi connectivity index (χ0) is 21.1. The number of nitrogens with two attached hydrogens (primary N) is 1. The predicted octanol–water partition coefficient (Wildman–Crippen LogP) is 3.02. The van der Waals surface area contributed by atoms with Crippen LogP contribution in [0.1, 0.15) is 17.1 Å². The Morgan fingerprint density at radius 2 is 1.90 bits per heavy atom. The van der Waals surface area contributed by atoms with Gasteiger partial charge in [-0.15, -0.1) is 10.2 Å². The fraction of sp³-hybridized carbons (Fsp3) is 0.250. The van der Waals surface area contributed by atoms with E-state index in [1.165, 1.54) is 11.8 Å². The summed E-state index contributed by atoms with van der Waals surface area (Å²) in [6.45, 7) is 2.58. The van der Waals surface area contributed by atoms with Gasteiger partial charge in [0.05, 0.1) is 18.6 Å². The summed E-state index contributed by atoms with van der Waals surface area (Å²) in [6, 6.07) is 11.9. The van der Waals surface area contributed by atoms with Gasteiger partial charge in [0.25, 0.3) is 0 Å². The van der Waals surface area contributed by atoms with Crippen molar-refractivity contribution in [2.75, 3.05) is 24.7 Å². The number of thioether (sulfide) groups is 1. The minimum atomic E-state index is 0.196. The normalized spacial score (nSPS) is 11.0. The van der Waals surface area contributed by atoms with E-state index in [1.807, 2.05) is 49.0 Å². The number of aryl methyl sites for hydroxylation is 1. The van der Waals surface area contributed by atoms with Crippen LogP contribution in [0, 0.1) is 6.92 Å². The molecule has 0 aliphatic heterocycles. The lowest BCUT2D eigenvalue weighted by Crippen LogP contribution is -2.16. The zero-order valence-corrected chi connectivity index (χ0v) is 17.8. The number of furan rings is 1. The number of nitrogens with zero attached hydrogens (tertiary/aromatic N) is 7. The first kappa shape index (κ1) is 19.9. The second-order valence-electron chi connectivity index (χ2n) is 6.88. The minimum absolute atomic E-state index is 0.196. The molecule has 3 heterocycles. The van der Waals surface area contributed by atoms with Crippen LogP contribution in [-0.2, 0) is 12.3 Å². The molecule has 154 valence electrons. The summed E-state index contributed by atoms with van der Waals surface area (Å²) in [5.41, 5.74) is 8.00. The first-order valence-electron chi connectivity index (χ1n) is 9.33. The largest absolute Gasteiger partial charge is 0.467 e. The number of nitrogen functional groups attached to an aromatic ring is 1. The maximum atomic E-state index is 5.84. The quantitative estimate of drug-likeness (QED) is 0.449. The van der Waals surface area contributed by atoms with Gasteiger partial charge in [-0.3, -0.25) is 4.57 Å². The van der Waals surface area contributed by atoms with Crippen molar-refractivity contribution in [2.45, 2.75) is 24.4 Å². The second kappa shape index (κ2) is 8.54. The van der Waals surface area contributed by atoms with Gasteiger partial charge in [0.15, 0.2) is 11.0 Å². The van der Waals surface area contributed by atoms with E-state index in [0.717, 1.165) is 27.9 Å². The summed E-state index contributed by atoms with van der Waals surface area (Å²) in [6.07, 6.45) is 1.66. The topological polar surface area (TPSA) is 112 Å². The van der Waals surface area contributed by atoms with Gasteiger partial charge in [0.2, 0.25) is 11.9 Å². The van der Waals surface area contributed by atoms with Gasteiger partial charge in [0.1, 0.15) is 11.6 Å². The van der Waals surface area contributed by atoms with E-state index < -0.39 is 0 Å². The third kappa shape index (κ3) is 4.28. The number of hydrogen-bond donors (Lipinski definition) is 1. The van der Waals surface area contributed by atoms with E-state index >= 15 is 0 Å². The molecule has 9 nitrogen and oxygen atoms in total. The average Bonchev–Trinajstić information content (AvgIpc) is 3.37. The van der Waals surface area contributed by atoms with Crippen LogP contribution in [0.4, 0.5) is 11.9 Å². The predicted molar refractivity (Wildman–Crippen MR) is 116 cm³/mol. The van der Waals surface area contributed by atoms with Gasteiger partial charge in [-0.05, 0) is 24.6 Å². The van der Waals surface area contributed by atoms with Crippen molar-refractivity contribution in [3.8, 4) is 11.4 Å². The summed E-state index contributed by atoms with van der Waals surface area (Å²) >= 11 is 1.49. The second-order valence-corrected chi connectivity index (χ2v) is 7.82. The SMILES string of the molecule is Cc1ccccc1-c1nnc(SCc2nc(N)nc(N(C)C)n2)n1Cc1ccco1. The van der Waals surface area contributed by atoms with Crippen molar-refractivity contribution in [1.82, 2.24) is 29.7 Å². The van der Waals surface area contributed by atoms with E-state index in [1.54, 1.807) is 11.2 Å². The van der Waals surface area contributed by atoms with E-state index in [4.69, 9.17) is 10.2 Å². The molecule has 0 aliphatic carbocycles. The minimum Gasteiger partial charge on any atom is -0.467 e. The molecule has 30 heavy (non-hydrogen) atoms. The molecule has 0 spiro atoms. The molecule has 10 heteroatoms.